The van der Waals surface area contributed by atoms with E-state index in [1.165, 1.54) is 70.2 Å². The Morgan fingerprint density at radius 3 is 2.42 bits per heavy atom. The Labute approximate surface area is 120 Å². The fourth-order valence-electron chi connectivity index (χ4n) is 4.03. The second-order valence-corrected chi connectivity index (χ2v) is 7.41. The molecule has 2 rings (SSSR count). The Balaban J connectivity index is 1.60. The normalized spacial score (nSPS) is 23.8. The SMILES string of the molecule is C=C(CCCC1CC2(CCN(CC)CC2)C1)C(C)C. The lowest BCUT2D eigenvalue weighted by molar-refractivity contribution is -0.0154. The first-order chi connectivity index (χ1) is 9.04. The predicted octanol–water partition coefficient (Wildman–Crippen LogP) is 4.88. The molecule has 0 atom stereocenters. The molecule has 1 aliphatic carbocycles. The van der Waals surface area contributed by atoms with Gasteiger partial charge in [-0.25, -0.2) is 0 Å². The smallest absolute Gasteiger partial charge is 0.00135 e. The third-order valence-corrected chi connectivity index (χ3v) is 5.73. The molecule has 0 unspecified atom stereocenters. The number of rotatable bonds is 6. The molecule has 0 bridgehead atoms. The lowest BCUT2D eigenvalue weighted by Crippen LogP contribution is -2.46. The van der Waals surface area contributed by atoms with Crippen molar-refractivity contribution in [2.45, 2.75) is 65.7 Å². The highest BCUT2D eigenvalue weighted by Crippen LogP contribution is 2.54. The van der Waals surface area contributed by atoms with Gasteiger partial charge in [0.15, 0.2) is 0 Å². The summed E-state index contributed by atoms with van der Waals surface area (Å²) in [5, 5.41) is 0. The van der Waals surface area contributed by atoms with Crippen LogP contribution in [0.4, 0.5) is 0 Å². The number of likely N-dealkylation sites (tertiary alicyclic amines) is 1. The average molecular weight is 263 g/mol. The van der Waals surface area contributed by atoms with Gasteiger partial charge in [0.1, 0.15) is 0 Å². The van der Waals surface area contributed by atoms with E-state index in [1.54, 1.807) is 0 Å². The molecule has 1 spiro atoms. The third-order valence-electron chi connectivity index (χ3n) is 5.73. The summed E-state index contributed by atoms with van der Waals surface area (Å²) in [4.78, 5) is 2.62. The van der Waals surface area contributed by atoms with Crippen LogP contribution in [0, 0.1) is 17.3 Å². The maximum atomic E-state index is 4.19. The summed E-state index contributed by atoms with van der Waals surface area (Å²) >= 11 is 0. The minimum absolute atomic E-state index is 0.672. The van der Waals surface area contributed by atoms with Crippen LogP contribution >= 0.6 is 0 Å². The molecule has 0 aromatic carbocycles. The van der Waals surface area contributed by atoms with Gasteiger partial charge < -0.3 is 4.90 Å². The second-order valence-electron chi connectivity index (χ2n) is 7.41. The topological polar surface area (TPSA) is 3.24 Å². The second kappa shape index (κ2) is 6.43. The summed E-state index contributed by atoms with van der Waals surface area (Å²) in [6, 6.07) is 0. The lowest BCUT2D eigenvalue weighted by atomic mass is 9.56. The van der Waals surface area contributed by atoms with Gasteiger partial charge in [0.05, 0.1) is 0 Å². The van der Waals surface area contributed by atoms with E-state index >= 15 is 0 Å². The quantitative estimate of drug-likeness (QED) is 0.617. The molecule has 2 fully saturated rings. The van der Waals surface area contributed by atoms with E-state index in [0.29, 0.717) is 5.92 Å². The molecular weight excluding hydrogens is 230 g/mol. The zero-order valence-electron chi connectivity index (χ0n) is 13.4. The maximum absolute atomic E-state index is 4.19. The summed E-state index contributed by atoms with van der Waals surface area (Å²) < 4.78 is 0. The molecule has 1 saturated heterocycles. The van der Waals surface area contributed by atoms with E-state index in [0.717, 1.165) is 11.3 Å². The maximum Gasteiger partial charge on any atom is -0.00135 e. The van der Waals surface area contributed by atoms with E-state index in [-0.39, 0.29) is 0 Å². The van der Waals surface area contributed by atoms with Crippen molar-refractivity contribution in [2.75, 3.05) is 19.6 Å². The van der Waals surface area contributed by atoms with Gasteiger partial charge in [-0.15, -0.1) is 0 Å². The van der Waals surface area contributed by atoms with Crippen LogP contribution in [-0.4, -0.2) is 24.5 Å². The molecule has 1 heterocycles. The molecule has 1 nitrogen and oxygen atoms in total. The van der Waals surface area contributed by atoms with Crippen LogP contribution < -0.4 is 0 Å². The van der Waals surface area contributed by atoms with Crippen molar-refractivity contribution >= 4 is 0 Å². The molecular formula is C18H33N. The van der Waals surface area contributed by atoms with Gasteiger partial charge in [0, 0.05) is 0 Å². The van der Waals surface area contributed by atoms with Crippen LogP contribution in [0.25, 0.3) is 0 Å². The summed E-state index contributed by atoms with van der Waals surface area (Å²) in [7, 11) is 0. The molecule has 0 radical (unpaired) electrons. The Morgan fingerprint density at radius 2 is 1.89 bits per heavy atom. The van der Waals surface area contributed by atoms with Gasteiger partial charge in [-0.05, 0) is 75.4 Å². The Hall–Kier alpha value is -0.300. The van der Waals surface area contributed by atoms with Gasteiger partial charge in [-0.2, -0.15) is 0 Å². The van der Waals surface area contributed by atoms with Crippen molar-refractivity contribution in [2.24, 2.45) is 17.3 Å². The van der Waals surface area contributed by atoms with Gasteiger partial charge in [-0.1, -0.05) is 39.3 Å². The minimum Gasteiger partial charge on any atom is -0.304 e. The zero-order valence-corrected chi connectivity index (χ0v) is 13.4. The van der Waals surface area contributed by atoms with E-state index < -0.39 is 0 Å². The van der Waals surface area contributed by atoms with E-state index in [2.05, 4.69) is 32.3 Å². The van der Waals surface area contributed by atoms with Crippen LogP contribution in [-0.2, 0) is 0 Å². The number of hydrogen-bond donors (Lipinski definition) is 0. The van der Waals surface area contributed by atoms with Gasteiger partial charge in [0.2, 0.25) is 0 Å². The van der Waals surface area contributed by atoms with Crippen LogP contribution in [0.2, 0.25) is 0 Å². The zero-order chi connectivity index (χ0) is 13.9. The predicted molar refractivity (Wildman–Crippen MR) is 84.3 cm³/mol. The standard InChI is InChI=1S/C18H33N/c1-5-19-11-9-18(10-12-19)13-17(14-18)8-6-7-16(4)15(2)3/h15,17H,4-14H2,1-3H3. The molecule has 0 aromatic heterocycles. The molecule has 0 N–H and O–H groups in total. The number of hydrogen-bond acceptors (Lipinski definition) is 1. The van der Waals surface area contributed by atoms with Gasteiger partial charge >= 0.3 is 0 Å². The summed E-state index contributed by atoms with van der Waals surface area (Å²) in [6.07, 6.45) is 10.1. The molecule has 110 valence electrons. The van der Waals surface area contributed by atoms with Crippen molar-refractivity contribution in [1.82, 2.24) is 4.90 Å². The Kier molecular flexibility index (Phi) is 5.11. The first-order valence-corrected chi connectivity index (χ1v) is 8.45. The van der Waals surface area contributed by atoms with E-state index in [9.17, 15) is 0 Å². The molecule has 1 aliphatic heterocycles. The van der Waals surface area contributed by atoms with Crippen LogP contribution in [0.3, 0.4) is 0 Å². The molecule has 0 amide bonds. The first-order valence-electron chi connectivity index (χ1n) is 8.45. The highest BCUT2D eigenvalue weighted by Gasteiger charge is 2.44. The average Bonchev–Trinajstić information content (AvgIpc) is 2.37. The van der Waals surface area contributed by atoms with E-state index in [1.807, 2.05) is 0 Å². The fraction of sp³-hybridized carbons (Fsp3) is 0.889. The highest BCUT2D eigenvalue weighted by molar-refractivity contribution is 4.99. The number of allylic oxidation sites excluding steroid dienone is 1. The van der Waals surface area contributed by atoms with E-state index in [4.69, 9.17) is 0 Å². The highest BCUT2D eigenvalue weighted by atomic mass is 15.1. The minimum atomic E-state index is 0.672. The monoisotopic (exact) mass is 263 g/mol. The summed E-state index contributed by atoms with van der Waals surface area (Å²) in [5.74, 6) is 1.71. The Morgan fingerprint density at radius 1 is 1.26 bits per heavy atom. The van der Waals surface area contributed by atoms with Gasteiger partial charge in [0.25, 0.3) is 0 Å². The van der Waals surface area contributed by atoms with Crippen molar-refractivity contribution in [3.05, 3.63) is 12.2 Å². The summed E-state index contributed by atoms with van der Waals surface area (Å²) in [5.41, 5.74) is 2.22. The van der Waals surface area contributed by atoms with Crippen LogP contribution in [0.15, 0.2) is 12.2 Å². The van der Waals surface area contributed by atoms with Crippen LogP contribution in [0.5, 0.6) is 0 Å². The molecule has 1 saturated carbocycles. The fourth-order valence-corrected chi connectivity index (χ4v) is 4.03. The molecule has 1 heteroatoms. The lowest BCUT2D eigenvalue weighted by Gasteiger charge is -2.52. The van der Waals surface area contributed by atoms with Gasteiger partial charge in [-0.3, -0.25) is 0 Å². The first kappa shape index (κ1) is 15.1. The molecule has 0 aromatic rings. The number of nitrogens with zero attached hydrogens (tertiary/aromatic N) is 1. The number of piperidine rings is 1. The molecule has 19 heavy (non-hydrogen) atoms. The van der Waals surface area contributed by atoms with Crippen molar-refractivity contribution in [1.29, 1.82) is 0 Å². The van der Waals surface area contributed by atoms with Crippen molar-refractivity contribution < 1.29 is 0 Å². The van der Waals surface area contributed by atoms with Crippen LogP contribution in [0.1, 0.15) is 65.7 Å². The summed E-state index contributed by atoms with van der Waals surface area (Å²) in [6.45, 7) is 15.0. The largest absolute Gasteiger partial charge is 0.304 e. The van der Waals surface area contributed by atoms with Crippen molar-refractivity contribution in [3.8, 4) is 0 Å². The molecule has 2 aliphatic rings. The Bertz CT molecular complexity index is 289. The third kappa shape index (κ3) is 3.84. The van der Waals surface area contributed by atoms with Crippen molar-refractivity contribution in [3.63, 3.8) is 0 Å².